The molecule has 2 aliphatic rings. The molecular formula is C24H28ClF. The second-order valence-electron chi connectivity index (χ2n) is 8.36. The fourth-order valence-corrected chi connectivity index (χ4v) is 5.43. The van der Waals surface area contributed by atoms with Gasteiger partial charge in [-0.2, -0.15) is 0 Å². The van der Waals surface area contributed by atoms with Gasteiger partial charge >= 0.3 is 0 Å². The second kappa shape index (κ2) is 7.72. The van der Waals surface area contributed by atoms with Crippen LogP contribution in [0, 0.1) is 23.6 Å². The van der Waals surface area contributed by atoms with Crippen molar-refractivity contribution in [2.24, 2.45) is 17.8 Å². The highest BCUT2D eigenvalue weighted by Gasteiger charge is 2.35. The Bertz CT molecular complexity index is 751. The summed E-state index contributed by atoms with van der Waals surface area (Å²) in [4.78, 5) is 0. The molecule has 0 amide bonds. The Morgan fingerprint density at radius 2 is 1.65 bits per heavy atom. The molecule has 2 heteroatoms. The molecule has 4 unspecified atom stereocenters. The molecule has 2 aliphatic carbocycles. The van der Waals surface area contributed by atoms with Crippen LogP contribution in [-0.2, 0) is 0 Å². The fourth-order valence-electron chi connectivity index (χ4n) is 5.31. The highest BCUT2D eigenvalue weighted by atomic mass is 35.5. The summed E-state index contributed by atoms with van der Waals surface area (Å²) in [7, 11) is 0. The van der Waals surface area contributed by atoms with Gasteiger partial charge in [-0.25, -0.2) is 4.39 Å². The lowest BCUT2D eigenvalue weighted by molar-refractivity contribution is 0.116. The van der Waals surface area contributed by atoms with Crippen molar-refractivity contribution in [2.75, 3.05) is 0 Å². The van der Waals surface area contributed by atoms with Crippen LogP contribution in [0.5, 0.6) is 0 Å². The van der Waals surface area contributed by atoms with Gasteiger partial charge < -0.3 is 0 Å². The van der Waals surface area contributed by atoms with Crippen LogP contribution in [-0.4, -0.2) is 0 Å². The molecule has 2 aromatic carbocycles. The van der Waals surface area contributed by atoms with Crippen molar-refractivity contribution in [1.82, 2.24) is 0 Å². The third kappa shape index (κ3) is 3.69. The van der Waals surface area contributed by atoms with E-state index in [4.69, 9.17) is 11.6 Å². The van der Waals surface area contributed by atoms with Gasteiger partial charge in [-0.15, -0.1) is 0 Å². The monoisotopic (exact) mass is 370 g/mol. The molecule has 0 N–H and O–H groups in total. The van der Waals surface area contributed by atoms with Gasteiger partial charge in [0.25, 0.3) is 0 Å². The van der Waals surface area contributed by atoms with Crippen LogP contribution in [0.4, 0.5) is 4.39 Å². The Morgan fingerprint density at radius 3 is 2.38 bits per heavy atom. The van der Waals surface area contributed by atoms with Crippen molar-refractivity contribution in [2.45, 2.75) is 57.8 Å². The molecule has 0 bridgehead atoms. The molecular weight excluding hydrogens is 343 g/mol. The van der Waals surface area contributed by atoms with Crippen LogP contribution in [0.25, 0.3) is 11.1 Å². The van der Waals surface area contributed by atoms with Gasteiger partial charge in [-0.1, -0.05) is 55.6 Å². The minimum Gasteiger partial charge on any atom is -0.206 e. The van der Waals surface area contributed by atoms with E-state index in [1.54, 1.807) is 6.07 Å². The van der Waals surface area contributed by atoms with Gasteiger partial charge in [0.1, 0.15) is 5.82 Å². The van der Waals surface area contributed by atoms with Crippen LogP contribution in [0.15, 0.2) is 42.5 Å². The SMILES string of the molecule is CCC1CCC2CC(c3ccc(-c4ccc(Cl)cc4)c(F)c3)CCC2C1. The van der Waals surface area contributed by atoms with E-state index in [2.05, 4.69) is 13.0 Å². The minimum atomic E-state index is -0.110. The normalized spacial score (nSPS) is 28.6. The van der Waals surface area contributed by atoms with Gasteiger partial charge in [-0.05, 0) is 85.1 Å². The molecule has 138 valence electrons. The molecule has 0 spiro atoms. The lowest BCUT2D eigenvalue weighted by Gasteiger charge is -2.42. The molecule has 0 radical (unpaired) electrons. The smallest absolute Gasteiger partial charge is 0.131 e. The predicted octanol–water partition coefficient (Wildman–Crippen LogP) is 7.86. The molecule has 0 heterocycles. The van der Waals surface area contributed by atoms with Crippen LogP contribution in [0.2, 0.25) is 5.02 Å². The molecule has 2 saturated carbocycles. The number of hydrogen-bond donors (Lipinski definition) is 0. The summed E-state index contributed by atoms with van der Waals surface area (Å²) in [5.41, 5.74) is 2.75. The maximum atomic E-state index is 14.8. The lowest BCUT2D eigenvalue weighted by Crippen LogP contribution is -2.30. The zero-order valence-corrected chi connectivity index (χ0v) is 16.3. The number of benzene rings is 2. The molecule has 4 atom stereocenters. The number of hydrogen-bond acceptors (Lipinski definition) is 0. The predicted molar refractivity (Wildman–Crippen MR) is 108 cm³/mol. The average Bonchev–Trinajstić information content (AvgIpc) is 2.68. The van der Waals surface area contributed by atoms with Crippen molar-refractivity contribution in [3.8, 4) is 11.1 Å². The first-order chi connectivity index (χ1) is 12.6. The Kier molecular flexibility index (Phi) is 5.36. The largest absolute Gasteiger partial charge is 0.206 e. The van der Waals surface area contributed by atoms with E-state index < -0.39 is 0 Å². The van der Waals surface area contributed by atoms with Crippen molar-refractivity contribution >= 4 is 11.6 Å². The van der Waals surface area contributed by atoms with Crippen molar-refractivity contribution in [3.63, 3.8) is 0 Å². The summed E-state index contributed by atoms with van der Waals surface area (Å²) in [5, 5.41) is 0.681. The third-order valence-electron chi connectivity index (χ3n) is 6.92. The molecule has 2 fully saturated rings. The quantitative estimate of drug-likeness (QED) is 0.515. The lowest BCUT2D eigenvalue weighted by atomic mass is 9.63. The standard InChI is InChI=1S/C24H28ClF/c1-2-16-3-4-19-14-20(6-5-18(19)13-16)21-9-12-23(24(26)15-21)17-7-10-22(25)11-8-17/h7-12,15-16,18-20H,2-6,13-14H2,1H3. The molecule has 0 aliphatic heterocycles. The van der Waals surface area contributed by atoms with Crippen molar-refractivity contribution < 1.29 is 4.39 Å². The van der Waals surface area contributed by atoms with Crippen LogP contribution < -0.4 is 0 Å². The van der Waals surface area contributed by atoms with Gasteiger partial charge in [0.2, 0.25) is 0 Å². The molecule has 4 rings (SSSR count). The van der Waals surface area contributed by atoms with Crippen LogP contribution >= 0.6 is 11.6 Å². The molecule has 0 aromatic heterocycles. The zero-order chi connectivity index (χ0) is 18.1. The number of halogens is 2. The highest BCUT2D eigenvalue weighted by Crippen LogP contribution is 2.48. The van der Waals surface area contributed by atoms with Crippen LogP contribution in [0.1, 0.15) is 63.4 Å². The summed E-state index contributed by atoms with van der Waals surface area (Å²) < 4.78 is 14.8. The third-order valence-corrected chi connectivity index (χ3v) is 7.17. The minimum absolute atomic E-state index is 0.110. The van der Waals surface area contributed by atoms with Gasteiger partial charge in [0.15, 0.2) is 0 Å². The summed E-state index contributed by atoms with van der Waals surface area (Å²) in [6.45, 7) is 2.33. The first-order valence-corrected chi connectivity index (χ1v) is 10.6. The molecule has 0 saturated heterocycles. The topological polar surface area (TPSA) is 0 Å². The summed E-state index contributed by atoms with van der Waals surface area (Å²) in [6.07, 6.45) is 9.34. The second-order valence-corrected chi connectivity index (χ2v) is 8.80. The van der Waals surface area contributed by atoms with E-state index in [0.717, 1.165) is 23.3 Å². The Morgan fingerprint density at radius 1 is 0.923 bits per heavy atom. The average molecular weight is 371 g/mol. The Labute approximate surface area is 161 Å². The van der Waals surface area contributed by atoms with Gasteiger partial charge in [0.05, 0.1) is 0 Å². The number of rotatable bonds is 3. The summed E-state index contributed by atoms with van der Waals surface area (Å²) in [6, 6.07) is 13.3. The van der Waals surface area contributed by atoms with E-state index in [9.17, 15) is 4.39 Å². The van der Waals surface area contributed by atoms with Gasteiger partial charge in [0, 0.05) is 10.6 Å². The van der Waals surface area contributed by atoms with E-state index in [0.29, 0.717) is 16.5 Å². The highest BCUT2D eigenvalue weighted by molar-refractivity contribution is 6.30. The maximum absolute atomic E-state index is 14.8. The molecule has 2 aromatic rings. The summed E-state index contributed by atoms with van der Waals surface area (Å²) >= 11 is 5.95. The number of fused-ring (bicyclic) bond motifs is 1. The first-order valence-electron chi connectivity index (χ1n) is 10.2. The fraction of sp³-hybridized carbons (Fsp3) is 0.500. The zero-order valence-electron chi connectivity index (χ0n) is 15.6. The summed E-state index contributed by atoms with van der Waals surface area (Å²) in [5.74, 6) is 3.15. The van der Waals surface area contributed by atoms with E-state index in [1.165, 1.54) is 50.5 Å². The van der Waals surface area contributed by atoms with Crippen molar-refractivity contribution in [1.29, 1.82) is 0 Å². The van der Waals surface area contributed by atoms with E-state index >= 15 is 0 Å². The molecule has 26 heavy (non-hydrogen) atoms. The maximum Gasteiger partial charge on any atom is 0.131 e. The van der Waals surface area contributed by atoms with E-state index in [-0.39, 0.29) is 5.82 Å². The Hall–Kier alpha value is -1.34. The van der Waals surface area contributed by atoms with Crippen molar-refractivity contribution in [3.05, 3.63) is 58.9 Å². The first kappa shape index (κ1) is 18.0. The molecule has 0 nitrogen and oxygen atoms in total. The Balaban J connectivity index is 1.49. The van der Waals surface area contributed by atoms with Gasteiger partial charge in [-0.3, -0.25) is 0 Å². The van der Waals surface area contributed by atoms with Crippen LogP contribution in [0.3, 0.4) is 0 Å². The van der Waals surface area contributed by atoms with E-state index in [1.807, 2.05) is 30.3 Å².